The summed E-state index contributed by atoms with van der Waals surface area (Å²) in [5, 5.41) is 11.1. The Balaban J connectivity index is 2.83. The van der Waals surface area contributed by atoms with Crippen LogP contribution in [0, 0.1) is 6.92 Å². The van der Waals surface area contributed by atoms with Gasteiger partial charge in [-0.2, -0.15) is 0 Å². The number of rotatable bonds is 6. The van der Waals surface area contributed by atoms with Crippen molar-refractivity contribution in [3.63, 3.8) is 0 Å². The minimum Gasteiger partial charge on any atom is -0.478 e. The van der Waals surface area contributed by atoms with E-state index >= 15 is 0 Å². The lowest BCUT2D eigenvalue weighted by atomic mass is 10.0. The second-order valence-electron chi connectivity index (χ2n) is 4.63. The van der Waals surface area contributed by atoms with Gasteiger partial charge in [-0.05, 0) is 30.2 Å². The monoisotopic (exact) mass is 311 g/mol. The van der Waals surface area contributed by atoms with Crippen LogP contribution in [0.3, 0.4) is 0 Å². The van der Waals surface area contributed by atoms with Gasteiger partial charge < -0.3 is 10.4 Å². The summed E-state index contributed by atoms with van der Waals surface area (Å²) in [5.74, 6) is -1.59. The maximum absolute atomic E-state index is 12.0. The summed E-state index contributed by atoms with van der Waals surface area (Å²) in [5.41, 5.74) is 1.69. The van der Waals surface area contributed by atoms with Crippen molar-refractivity contribution in [2.24, 2.45) is 0 Å². The van der Waals surface area contributed by atoms with Crippen molar-refractivity contribution in [2.45, 2.75) is 6.92 Å². The highest BCUT2D eigenvalue weighted by Gasteiger charge is 2.10. The highest BCUT2D eigenvalue weighted by atomic mass is 32.2. The van der Waals surface area contributed by atoms with Gasteiger partial charge in [-0.3, -0.25) is 4.79 Å². The predicted molar refractivity (Wildman–Crippen MR) is 79.9 cm³/mol. The Hall–Kier alpha value is -2.15. The summed E-state index contributed by atoms with van der Waals surface area (Å²) in [6.07, 6.45) is 3.47. The number of aryl methyl sites for hydroxylation is 1. The number of carbonyl (C=O) groups excluding carboxylic acids is 1. The van der Waals surface area contributed by atoms with Gasteiger partial charge in [0.25, 0.3) is 5.91 Å². The number of carboxylic acid groups (broad SMARTS) is 1. The van der Waals surface area contributed by atoms with E-state index in [9.17, 15) is 18.0 Å². The number of nitrogens with one attached hydrogen (secondary N) is 1. The van der Waals surface area contributed by atoms with Crippen LogP contribution < -0.4 is 5.32 Å². The molecule has 0 fully saturated rings. The summed E-state index contributed by atoms with van der Waals surface area (Å²) < 4.78 is 22.0. The topological polar surface area (TPSA) is 101 Å². The number of carboxylic acids is 1. The largest absolute Gasteiger partial charge is 0.478 e. The molecule has 114 valence electrons. The fraction of sp³-hybridized carbons (Fsp3) is 0.286. The summed E-state index contributed by atoms with van der Waals surface area (Å²) in [6.45, 7) is 1.78. The average molecular weight is 311 g/mol. The molecule has 6 nitrogen and oxygen atoms in total. The van der Waals surface area contributed by atoms with Crippen molar-refractivity contribution in [2.75, 3.05) is 18.6 Å². The molecular weight excluding hydrogens is 294 g/mol. The first-order valence-electron chi connectivity index (χ1n) is 6.16. The van der Waals surface area contributed by atoms with Crippen molar-refractivity contribution in [3.05, 3.63) is 41.0 Å². The van der Waals surface area contributed by atoms with E-state index in [4.69, 9.17) is 5.11 Å². The third kappa shape index (κ3) is 6.22. The summed E-state index contributed by atoms with van der Waals surface area (Å²) in [4.78, 5) is 22.5. The van der Waals surface area contributed by atoms with Gasteiger partial charge in [-0.1, -0.05) is 12.1 Å². The lowest BCUT2D eigenvalue weighted by Gasteiger charge is -2.08. The quantitative estimate of drug-likeness (QED) is 0.759. The van der Waals surface area contributed by atoms with Gasteiger partial charge in [-0.15, -0.1) is 0 Å². The third-order valence-electron chi connectivity index (χ3n) is 2.68. The molecule has 0 atom stereocenters. The average Bonchev–Trinajstić information content (AvgIpc) is 2.36. The zero-order valence-electron chi connectivity index (χ0n) is 11.8. The van der Waals surface area contributed by atoms with Gasteiger partial charge in [0.05, 0.1) is 5.75 Å². The van der Waals surface area contributed by atoms with Crippen molar-refractivity contribution < 1.29 is 23.1 Å². The molecule has 1 rings (SSSR count). The number of benzene rings is 1. The van der Waals surface area contributed by atoms with Gasteiger partial charge in [0, 0.05) is 24.4 Å². The van der Waals surface area contributed by atoms with Crippen LogP contribution in [0.15, 0.2) is 24.3 Å². The number of carbonyl (C=O) groups is 2. The summed E-state index contributed by atoms with van der Waals surface area (Å²) in [6, 6.07) is 4.96. The molecular formula is C14H17NO5S. The molecule has 2 N–H and O–H groups in total. The molecule has 1 amide bonds. The molecule has 0 aliphatic heterocycles. The van der Waals surface area contributed by atoms with Crippen molar-refractivity contribution in [1.29, 1.82) is 0 Å². The minimum atomic E-state index is -3.13. The first-order chi connectivity index (χ1) is 9.69. The molecule has 0 saturated carbocycles. The molecule has 0 unspecified atom stereocenters. The van der Waals surface area contributed by atoms with Crippen molar-refractivity contribution >= 4 is 27.8 Å². The van der Waals surface area contributed by atoms with E-state index in [1.807, 2.05) is 0 Å². The Kier molecular flexibility index (Phi) is 5.66. The van der Waals surface area contributed by atoms with Gasteiger partial charge in [-0.25, -0.2) is 13.2 Å². The Morgan fingerprint density at radius 1 is 1.33 bits per heavy atom. The smallest absolute Gasteiger partial charge is 0.328 e. The van der Waals surface area contributed by atoms with Crippen LogP contribution in [0.1, 0.15) is 21.5 Å². The lowest BCUT2D eigenvalue weighted by Crippen LogP contribution is -2.29. The molecule has 0 saturated heterocycles. The van der Waals surface area contributed by atoms with E-state index in [1.54, 1.807) is 25.1 Å². The second-order valence-corrected chi connectivity index (χ2v) is 6.89. The van der Waals surface area contributed by atoms with Crippen LogP contribution in [-0.4, -0.2) is 44.0 Å². The molecule has 1 aromatic carbocycles. The number of amides is 1. The van der Waals surface area contributed by atoms with Crippen molar-refractivity contribution in [3.8, 4) is 0 Å². The SMILES string of the molecule is Cc1ccc(C=CC(=O)O)cc1C(=O)NCCS(C)(=O)=O. The predicted octanol–water partition coefficient (Wildman–Crippen LogP) is 0.867. The lowest BCUT2D eigenvalue weighted by molar-refractivity contribution is -0.131. The molecule has 0 aliphatic carbocycles. The Bertz CT molecular complexity index is 677. The molecule has 0 radical (unpaired) electrons. The van der Waals surface area contributed by atoms with E-state index in [0.29, 0.717) is 11.1 Å². The Morgan fingerprint density at radius 3 is 2.57 bits per heavy atom. The maximum Gasteiger partial charge on any atom is 0.328 e. The van der Waals surface area contributed by atoms with E-state index < -0.39 is 15.8 Å². The Morgan fingerprint density at radius 2 is 2.00 bits per heavy atom. The fourth-order valence-corrected chi connectivity index (χ4v) is 2.07. The van der Waals surface area contributed by atoms with Crippen LogP contribution >= 0.6 is 0 Å². The molecule has 7 heteroatoms. The molecule has 0 spiro atoms. The molecule has 0 aliphatic rings. The molecule has 0 aromatic heterocycles. The first kappa shape index (κ1) is 16.9. The van der Waals surface area contributed by atoms with E-state index in [1.165, 1.54) is 6.08 Å². The van der Waals surface area contributed by atoms with Crippen LogP contribution in [0.4, 0.5) is 0 Å². The van der Waals surface area contributed by atoms with Gasteiger partial charge >= 0.3 is 5.97 Å². The number of hydrogen-bond acceptors (Lipinski definition) is 4. The van der Waals surface area contributed by atoms with Crippen molar-refractivity contribution in [1.82, 2.24) is 5.32 Å². The Labute approximate surface area is 123 Å². The zero-order chi connectivity index (χ0) is 16.0. The van der Waals surface area contributed by atoms with Crippen LogP contribution in [0.25, 0.3) is 6.08 Å². The van der Waals surface area contributed by atoms with E-state index in [2.05, 4.69) is 5.32 Å². The van der Waals surface area contributed by atoms with Gasteiger partial charge in [0.15, 0.2) is 0 Å². The minimum absolute atomic E-state index is 0.0340. The molecule has 0 bridgehead atoms. The molecule has 0 heterocycles. The summed E-state index contributed by atoms with van der Waals surface area (Å²) >= 11 is 0. The number of aliphatic carboxylic acids is 1. The second kappa shape index (κ2) is 7.03. The highest BCUT2D eigenvalue weighted by Crippen LogP contribution is 2.12. The number of sulfone groups is 1. The fourth-order valence-electron chi connectivity index (χ4n) is 1.60. The van der Waals surface area contributed by atoms with Gasteiger partial charge in [0.1, 0.15) is 9.84 Å². The number of hydrogen-bond donors (Lipinski definition) is 2. The maximum atomic E-state index is 12.0. The normalized spacial score (nSPS) is 11.5. The standard InChI is InChI=1S/C14H17NO5S/c1-10-3-4-11(5-6-13(16)17)9-12(10)14(18)15-7-8-21(2,19)20/h3-6,9H,7-8H2,1-2H3,(H,15,18)(H,16,17). The third-order valence-corrected chi connectivity index (χ3v) is 3.63. The summed E-state index contributed by atoms with van der Waals surface area (Å²) in [7, 11) is -3.13. The van der Waals surface area contributed by atoms with Crippen LogP contribution in [0.2, 0.25) is 0 Å². The molecule has 21 heavy (non-hydrogen) atoms. The van der Waals surface area contributed by atoms with E-state index in [-0.39, 0.29) is 18.2 Å². The van der Waals surface area contributed by atoms with Gasteiger partial charge in [0.2, 0.25) is 0 Å². The zero-order valence-corrected chi connectivity index (χ0v) is 12.6. The first-order valence-corrected chi connectivity index (χ1v) is 8.22. The molecule has 1 aromatic rings. The van der Waals surface area contributed by atoms with E-state index in [0.717, 1.165) is 17.9 Å². The van der Waals surface area contributed by atoms with Crippen LogP contribution in [-0.2, 0) is 14.6 Å². The highest BCUT2D eigenvalue weighted by molar-refractivity contribution is 7.90. The van der Waals surface area contributed by atoms with Crippen LogP contribution in [0.5, 0.6) is 0 Å².